The van der Waals surface area contributed by atoms with Crippen LogP contribution in [0.3, 0.4) is 0 Å². The predicted molar refractivity (Wildman–Crippen MR) is 128 cm³/mol. The van der Waals surface area contributed by atoms with Crippen LogP contribution < -0.4 is 10.2 Å². The lowest BCUT2D eigenvalue weighted by molar-refractivity contribution is 0.0305. The number of imidazole rings is 1. The van der Waals surface area contributed by atoms with E-state index in [1.165, 1.54) is 18.5 Å². The Morgan fingerprint density at radius 3 is 2.73 bits per heavy atom. The van der Waals surface area contributed by atoms with Gasteiger partial charge < -0.3 is 19.4 Å². The molecule has 0 aliphatic carbocycles. The summed E-state index contributed by atoms with van der Waals surface area (Å²) < 4.78 is 7.97. The molecule has 2 fully saturated rings. The second-order valence-corrected chi connectivity index (χ2v) is 8.84. The van der Waals surface area contributed by atoms with E-state index in [-0.39, 0.29) is 0 Å². The highest BCUT2D eigenvalue weighted by Crippen LogP contribution is 2.31. The topological polar surface area (TPSA) is 83.4 Å². The van der Waals surface area contributed by atoms with Gasteiger partial charge in [0, 0.05) is 54.0 Å². The van der Waals surface area contributed by atoms with Gasteiger partial charge in [-0.3, -0.25) is 5.10 Å². The van der Waals surface area contributed by atoms with E-state index in [2.05, 4.69) is 67.9 Å². The van der Waals surface area contributed by atoms with Crippen LogP contribution in [0.25, 0.3) is 27.8 Å². The summed E-state index contributed by atoms with van der Waals surface area (Å²) in [5, 5.41) is 11.7. The molecule has 7 rings (SSSR count). The Kier molecular flexibility index (Phi) is 4.13. The summed E-state index contributed by atoms with van der Waals surface area (Å²) in [5.41, 5.74) is 5.87. The second kappa shape index (κ2) is 7.31. The number of hydrogen-bond acceptors (Lipinski definition) is 6. The number of fused-ring (bicyclic) bond motifs is 4. The lowest BCUT2D eigenvalue weighted by Gasteiger charge is -2.33. The molecule has 2 aromatic carbocycles. The van der Waals surface area contributed by atoms with Gasteiger partial charge in [0.25, 0.3) is 0 Å². The zero-order valence-electron chi connectivity index (χ0n) is 18.0. The minimum atomic E-state index is 0.378. The molecule has 2 saturated heterocycles. The van der Waals surface area contributed by atoms with Gasteiger partial charge in [-0.2, -0.15) is 5.10 Å². The third-order valence-corrected chi connectivity index (χ3v) is 6.65. The van der Waals surface area contributed by atoms with Crippen LogP contribution >= 0.6 is 0 Å². The summed E-state index contributed by atoms with van der Waals surface area (Å²) in [6.45, 7) is 1.95. The molecule has 2 aliphatic rings. The van der Waals surface area contributed by atoms with Crippen molar-refractivity contribution in [2.75, 3.05) is 23.3 Å². The van der Waals surface area contributed by atoms with E-state index in [1.807, 2.05) is 23.0 Å². The highest BCUT2D eigenvalue weighted by molar-refractivity contribution is 5.84. The molecule has 2 unspecified atom stereocenters. The van der Waals surface area contributed by atoms with Crippen molar-refractivity contribution >= 4 is 33.7 Å². The number of morpholine rings is 1. The maximum Gasteiger partial charge on any atom is 0.180 e. The summed E-state index contributed by atoms with van der Waals surface area (Å²) in [6.07, 6.45) is 10.7. The van der Waals surface area contributed by atoms with Gasteiger partial charge in [-0.15, -0.1) is 0 Å². The van der Waals surface area contributed by atoms with Crippen LogP contribution in [0.5, 0.6) is 0 Å². The maximum absolute atomic E-state index is 5.97. The molecule has 8 nitrogen and oxygen atoms in total. The Bertz CT molecular complexity index is 1440. The highest BCUT2D eigenvalue weighted by atomic mass is 16.5. The van der Waals surface area contributed by atoms with Crippen LogP contribution in [-0.4, -0.2) is 49.9 Å². The SMILES string of the molecule is c1cn2cc(-c3ccc4cn[nH]c4c3)nc(Nc3ccc(N4CC5CCC(C4)O5)cc3)c2n1. The first-order valence-corrected chi connectivity index (χ1v) is 11.3. The van der Waals surface area contributed by atoms with E-state index < -0.39 is 0 Å². The number of ether oxygens (including phenoxy) is 1. The Morgan fingerprint density at radius 2 is 1.88 bits per heavy atom. The highest BCUT2D eigenvalue weighted by Gasteiger charge is 2.33. The normalized spacial score (nSPS) is 20.1. The van der Waals surface area contributed by atoms with Crippen molar-refractivity contribution in [3.05, 3.63) is 67.3 Å². The first-order chi connectivity index (χ1) is 16.3. The molecule has 33 heavy (non-hydrogen) atoms. The van der Waals surface area contributed by atoms with Crippen LogP contribution in [0.15, 0.2) is 67.3 Å². The Labute approximate surface area is 190 Å². The quantitative estimate of drug-likeness (QED) is 0.434. The number of aromatic nitrogens is 5. The molecule has 5 aromatic rings. The van der Waals surface area contributed by atoms with Crippen LogP contribution in [0.1, 0.15) is 12.8 Å². The van der Waals surface area contributed by atoms with Crippen LogP contribution in [-0.2, 0) is 4.74 Å². The number of aromatic amines is 1. The van der Waals surface area contributed by atoms with Crippen molar-refractivity contribution in [2.45, 2.75) is 25.0 Å². The number of H-pyrrole nitrogens is 1. The van der Waals surface area contributed by atoms with Crippen LogP contribution in [0, 0.1) is 0 Å². The van der Waals surface area contributed by atoms with Gasteiger partial charge in [-0.1, -0.05) is 12.1 Å². The number of nitrogens with one attached hydrogen (secondary N) is 2. The van der Waals surface area contributed by atoms with Crippen molar-refractivity contribution in [1.29, 1.82) is 0 Å². The monoisotopic (exact) mass is 437 g/mol. The van der Waals surface area contributed by atoms with Gasteiger partial charge in [-0.25, -0.2) is 9.97 Å². The largest absolute Gasteiger partial charge is 0.371 e. The molecule has 164 valence electrons. The van der Waals surface area contributed by atoms with Gasteiger partial charge in [0.15, 0.2) is 11.5 Å². The summed E-state index contributed by atoms with van der Waals surface area (Å²) in [6, 6.07) is 14.8. The smallest absolute Gasteiger partial charge is 0.180 e. The lowest BCUT2D eigenvalue weighted by atomic mass is 10.1. The zero-order chi connectivity index (χ0) is 21.8. The minimum absolute atomic E-state index is 0.378. The van der Waals surface area contributed by atoms with Crippen molar-refractivity contribution < 1.29 is 4.74 Å². The molecular weight excluding hydrogens is 414 g/mol. The summed E-state index contributed by atoms with van der Waals surface area (Å²) >= 11 is 0. The number of benzene rings is 2. The van der Waals surface area contributed by atoms with E-state index >= 15 is 0 Å². The standard InChI is InChI=1S/C25H23N7O/c1-2-17-12-27-30-22(17)11-16(1)23-15-31-10-9-26-25(31)24(29-23)28-18-3-5-19(6-4-18)32-13-20-7-8-21(14-32)33-20/h1-6,9-12,15,20-21H,7-8,13-14H2,(H,27,30)(H,28,29). The van der Waals surface area contributed by atoms with E-state index in [4.69, 9.17) is 9.72 Å². The molecule has 0 amide bonds. The average Bonchev–Trinajstić information content (AvgIpc) is 3.58. The molecule has 5 heterocycles. The molecule has 2 bridgehead atoms. The number of hydrogen-bond donors (Lipinski definition) is 2. The van der Waals surface area contributed by atoms with Gasteiger partial charge >= 0.3 is 0 Å². The molecule has 3 aromatic heterocycles. The van der Waals surface area contributed by atoms with E-state index in [9.17, 15) is 0 Å². The van der Waals surface area contributed by atoms with Gasteiger partial charge in [0.2, 0.25) is 0 Å². The number of nitrogens with zero attached hydrogens (tertiary/aromatic N) is 5. The van der Waals surface area contributed by atoms with Crippen molar-refractivity contribution in [1.82, 2.24) is 24.6 Å². The zero-order valence-corrected chi connectivity index (χ0v) is 18.0. The fourth-order valence-electron chi connectivity index (χ4n) is 4.97. The number of rotatable bonds is 4. The summed E-state index contributed by atoms with van der Waals surface area (Å²) in [7, 11) is 0. The summed E-state index contributed by atoms with van der Waals surface area (Å²) in [5.74, 6) is 0.722. The maximum atomic E-state index is 5.97. The minimum Gasteiger partial charge on any atom is -0.371 e. The van der Waals surface area contributed by atoms with Crippen molar-refractivity contribution in [3.63, 3.8) is 0 Å². The lowest BCUT2D eigenvalue weighted by Crippen LogP contribution is -2.42. The van der Waals surface area contributed by atoms with E-state index in [0.717, 1.165) is 52.4 Å². The first kappa shape index (κ1) is 18.6. The van der Waals surface area contributed by atoms with Gasteiger partial charge in [0.1, 0.15) is 0 Å². The summed E-state index contributed by atoms with van der Waals surface area (Å²) in [4.78, 5) is 11.9. The van der Waals surface area contributed by atoms with Crippen molar-refractivity contribution in [3.8, 4) is 11.3 Å². The molecule has 0 saturated carbocycles. The second-order valence-electron chi connectivity index (χ2n) is 8.84. The van der Waals surface area contributed by atoms with E-state index in [0.29, 0.717) is 12.2 Å². The fourth-order valence-corrected chi connectivity index (χ4v) is 4.97. The molecule has 0 radical (unpaired) electrons. The third kappa shape index (κ3) is 3.30. The molecule has 2 N–H and O–H groups in total. The number of anilines is 3. The van der Waals surface area contributed by atoms with Crippen LogP contribution in [0.2, 0.25) is 0 Å². The van der Waals surface area contributed by atoms with E-state index in [1.54, 1.807) is 6.20 Å². The molecule has 2 aliphatic heterocycles. The fraction of sp³-hybridized carbons (Fsp3) is 0.240. The Hall–Kier alpha value is -3.91. The van der Waals surface area contributed by atoms with Gasteiger partial charge in [0.05, 0.1) is 29.6 Å². The molecule has 0 spiro atoms. The Morgan fingerprint density at radius 1 is 1.03 bits per heavy atom. The molecule has 8 heteroatoms. The van der Waals surface area contributed by atoms with Gasteiger partial charge in [-0.05, 0) is 43.2 Å². The third-order valence-electron chi connectivity index (χ3n) is 6.65. The first-order valence-electron chi connectivity index (χ1n) is 11.3. The predicted octanol–water partition coefficient (Wildman–Crippen LogP) is 4.38. The average molecular weight is 438 g/mol. The Balaban J connectivity index is 1.19. The molecular formula is C25H23N7O. The van der Waals surface area contributed by atoms with Crippen molar-refractivity contribution in [2.24, 2.45) is 0 Å². The molecule has 2 atom stereocenters. The van der Waals surface area contributed by atoms with Crippen LogP contribution in [0.4, 0.5) is 17.2 Å².